The number of hydrogen-bond acceptors (Lipinski definition) is 6. The van der Waals surface area contributed by atoms with Gasteiger partial charge in [-0.2, -0.15) is 13.2 Å². The fraction of sp³-hybridized carbons (Fsp3) is 0.200. The van der Waals surface area contributed by atoms with Crippen LogP contribution < -0.4 is 10.2 Å². The van der Waals surface area contributed by atoms with E-state index in [1.54, 1.807) is 18.3 Å². The Hall–Kier alpha value is -3.34. The molecule has 3 aromatic rings. The van der Waals surface area contributed by atoms with Gasteiger partial charge in [0.05, 0.1) is 28.6 Å². The van der Waals surface area contributed by atoms with E-state index in [-0.39, 0.29) is 16.5 Å². The minimum absolute atomic E-state index is 0.120. The Balaban J connectivity index is 1.48. The van der Waals surface area contributed by atoms with Crippen molar-refractivity contribution >= 4 is 28.1 Å². The van der Waals surface area contributed by atoms with Gasteiger partial charge in [-0.1, -0.05) is 0 Å². The Kier molecular flexibility index (Phi) is 5.44. The minimum Gasteiger partial charge on any atom is -0.361 e. The summed E-state index contributed by atoms with van der Waals surface area (Å²) in [5.74, 6) is -0.540. The predicted molar refractivity (Wildman–Crippen MR) is 108 cm³/mol. The first kappa shape index (κ1) is 20.9. The summed E-state index contributed by atoms with van der Waals surface area (Å²) < 4.78 is 49.6. The molecule has 11 heteroatoms. The van der Waals surface area contributed by atoms with E-state index in [4.69, 9.17) is 0 Å². The lowest BCUT2D eigenvalue weighted by atomic mass is 10.2. The van der Waals surface area contributed by atoms with Crippen molar-refractivity contribution < 1.29 is 22.2 Å². The zero-order valence-electron chi connectivity index (χ0n) is 16.2. The van der Waals surface area contributed by atoms with Crippen molar-refractivity contribution in [2.45, 2.75) is 24.4 Å². The molecule has 1 atom stereocenters. The van der Waals surface area contributed by atoms with E-state index in [9.17, 15) is 22.2 Å². The Morgan fingerprint density at radius 2 is 1.87 bits per heavy atom. The van der Waals surface area contributed by atoms with Crippen LogP contribution in [0.4, 0.5) is 24.5 Å². The van der Waals surface area contributed by atoms with Gasteiger partial charge in [0.25, 0.3) is 5.91 Å². The number of carbonyl (C=O) groups excluding carboxylic acids is 1. The highest BCUT2D eigenvalue weighted by molar-refractivity contribution is 7.84. The van der Waals surface area contributed by atoms with E-state index in [0.717, 1.165) is 29.1 Å². The second-order valence-electron chi connectivity index (χ2n) is 6.86. The molecule has 3 heterocycles. The number of benzene rings is 1. The maximum Gasteiger partial charge on any atom is 0.416 e. The van der Waals surface area contributed by atoms with Crippen LogP contribution in [0.5, 0.6) is 0 Å². The number of fused-ring (bicyclic) bond motifs is 1. The van der Waals surface area contributed by atoms with Gasteiger partial charge >= 0.3 is 6.18 Å². The Labute approximate surface area is 177 Å². The first-order valence-electron chi connectivity index (χ1n) is 9.08. The SMILES string of the molecule is CS(=O)c1ncc2c(n1)CN(c1ccnc(C(=O)Nc3ccc(C(F)(F)F)cc3)c1)C2. The quantitative estimate of drug-likeness (QED) is 0.617. The lowest BCUT2D eigenvalue weighted by Gasteiger charge is -2.17. The number of alkyl halides is 3. The molecule has 0 spiro atoms. The van der Waals surface area contributed by atoms with Crippen molar-refractivity contribution in [3.05, 3.63) is 71.3 Å². The number of nitrogens with one attached hydrogen (secondary N) is 1. The van der Waals surface area contributed by atoms with Crippen LogP contribution in [0.2, 0.25) is 0 Å². The molecule has 0 aliphatic carbocycles. The lowest BCUT2D eigenvalue weighted by Crippen LogP contribution is -2.18. The van der Waals surface area contributed by atoms with Crippen LogP contribution in [0.3, 0.4) is 0 Å². The molecule has 1 aliphatic heterocycles. The molecule has 0 saturated heterocycles. The van der Waals surface area contributed by atoms with Gasteiger partial charge in [-0.05, 0) is 36.4 Å². The molecule has 1 N–H and O–H groups in total. The number of carbonyl (C=O) groups is 1. The summed E-state index contributed by atoms with van der Waals surface area (Å²) in [5.41, 5.74) is 1.96. The number of pyridine rings is 1. The summed E-state index contributed by atoms with van der Waals surface area (Å²) in [4.78, 5) is 27.0. The normalized spacial score (nSPS) is 14.3. The Bertz CT molecular complexity index is 1170. The molecule has 1 aliphatic rings. The van der Waals surface area contributed by atoms with E-state index >= 15 is 0 Å². The molecule has 2 aromatic heterocycles. The van der Waals surface area contributed by atoms with E-state index in [0.29, 0.717) is 13.1 Å². The molecular weight excluding hydrogens is 431 g/mol. The second kappa shape index (κ2) is 8.06. The van der Waals surface area contributed by atoms with Crippen LogP contribution in [0.25, 0.3) is 0 Å². The maximum absolute atomic E-state index is 12.7. The first-order chi connectivity index (χ1) is 14.7. The van der Waals surface area contributed by atoms with Gasteiger partial charge in [-0.25, -0.2) is 9.97 Å². The molecule has 4 rings (SSSR count). The molecule has 1 aromatic carbocycles. The fourth-order valence-electron chi connectivity index (χ4n) is 3.13. The van der Waals surface area contributed by atoms with Crippen molar-refractivity contribution in [2.24, 2.45) is 0 Å². The fourth-order valence-corrected chi connectivity index (χ4v) is 3.57. The highest BCUT2D eigenvalue weighted by Crippen LogP contribution is 2.30. The molecular formula is C20H16F3N5O2S. The number of anilines is 2. The van der Waals surface area contributed by atoms with Gasteiger partial charge in [0.1, 0.15) is 5.69 Å². The molecule has 1 unspecified atom stereocenters. The van der Waals surface area contributed by atoms with Crippen molar-refractivity contribution in [1.29, 1.82) is 0 Å². The number of rotatable bonds is 4. The number of halogens is 3. The zero-order valence-corrected chi connectivity index (χ0v) is 17.0. The maximum atomic E-state index is 12.7. The number of amides is 1. The third-order valence-corrected chi connectivity index (χ3v) is 5.41. The molecule has 0 radical (unpaired) electrons. The van der Waals surface area contributed by atoms with Crippen molar-refractivity contribution in [3.8, 4) is 0 Å². The monoisotopic (exact) mass is 447 g/mol. The van der Waals surface area contributed by atoms with Gasteiger partial charge in [0.15, 0.2) is 0 Å². The van der Waals surface area contributed by atoms with Crippen LogP contribution >= 0.6 is 0 Å². The van der Waals surface area contributed by atoms with Crippen LogP contribution in [0.15, 0.2) is 53.9 Å². The van der Waals surface area contributed by atoms with Crippen molar-refractivity contribution in [3.63, 3.8) is 0 Å². The third kappa shape index (κ3) is 4.55. The summed E-state index contributed by atoms with van der Waals surface area (Å²) in [7, 11) is -1.28. The molecule has 160 valence electrons. The summed E-state index contributed by atoms with van der Waals surface area (Å²) in [6, 6.07) is 7.52. The van der Waals surface area contributed by atoms with Crippen LogP contribution in [-0.2, 0) is 30.1 Å². The molecule has 31 heavy (non-hydrogen) atoms. The third-order valence-electron chi connectivity index (χ3n) is 4.70. The van der Waals surface area contributed by atoms with Gasteiger partial charge in [0.2, 0.25) is 5.16 Å². The van der Waals surface area contributed by atoms with Crippen LogP contribution in [0, 0.1) is 0 Å². The summed E-state index contributed by atoms with van der Waals surface area (Å²) in [6.45, 7) is 0.988. The van der Waals surface area contributed by atoms with E-state index in [1.807, 2.05) is 4.90 Å². The molecule has 0 bridgehead atoms. The number of nitrogens with zero attached hydrogens (tertiary/aromatic N) is 4. The Morgan fingerprint density at radius 1 is 1.13 bits per heavy atom. The van der Waals surface area contributed by atoms with E-state index in [2.05, 4.69) is 20.3 Å². The largest absolute Gasteiger partial charge is 0.416 e. The summed E-state index contributed by atoms with van der Waals surface area (Å²) >= 11 is 0. The van der Waals surface area contributed by atoms with Gasteiger partial charge in [-0.15, -0.1) is 0 Å². The lowest BCUT2D eigenvalue weighted by molar-refractivity contribution is -0.137. The molecule has 1 amide bonds. The van der Waals surface area contributed by atoms with Crippen molar-refractivity contribution in [1.82, 2.24) is 15.0 Å². The number of hydrogen-bond donors (Lipinski definition) is 1. The topological polar surface area (TPSA) is 88.1 Å². The van der Waals surface area contributed by atoms with E-state index < -0.39 is 28.4 Å². The molecule has 0 fully saturated rings. The van der Waals surface area contributed by atoms with Crippen LogP contribution in [0.1, 0.15) is 27.3 Å². The average molecular weight is 447 g/mol. The highest BCUT2D eigenvalue weighted by atomic mass is 32.2. The average Bonchev–Trinajstić information content (AvgIpc) is 3.17. The van der Waals surface area contributed by atoms with Gasteiger partial charge < -0.3 is 10.2 Å². The minimum atomic E-state index is -4.44. The zero-order chi connectivity index (χ0) is 22.2. The highest BCUT2D eigenvalue weighted by Gasteiger charge is 2.30. The van der Waals surface area contributed by atoms with Crippen molar-refractivity contribution in [2.75, 3.05) is 16.5 Å². The van der Waals surface area contributed by atoms with Crippen LogP contribution in [-0.4, -0.2) is 31.3 Å². The smallest absolute Gasteiger partial charge is 0.361 e. The second-order valence-corrected chi connectivity index (χ2v) is 8.14. The van der Waals surface area contributed by atoms with Gasteiger partial charge in [0, 0.05) is 42.1 Å². The molecule has 0 saturated carbocycles. The first-order valence-corrected chi connectivity index (χ1v) is 10.6. The Morgan fingerprint density at radius 3 is 2.55 bits per heavy atom. The predicted octanol–water partition coefficient (Wildman–Crippen LogP) is 3.40. The number of aromatic nitrogens is 3. The van der Waals surface area contributed by atoms with E-state index in [1.165, 1.54) is 24.6 Å². The standard InChI is InChI=1S/C20H16F3N5O2S/c1-31(30)19-25-9-12-10-28(11-17(12)27-19)15-6-7-24-16(8-15)18(29)26-14-4-2-13(3-5-14)20(21,22)23/h2-9H,10-11H2,1H3,(H,26,29). The van der Waals surface area contributed by atoms with Gasteiger partial charge in [-0.3, -0.25) is 14.0 Å². The summed E-state index contributed by atoms with van der Waals surface area (Å²) in [6.07, 6.45) is 0.207. The summed E-state index contributed by atoms with van der Waals surface area (Å²) in [5, 5.41) is 2.82. The molecule has 7 nitrogen and oxygen atoms in total.